The summed E-state index contributed by atoms with van der Waals surface area (Å²) in [5.74, 6) is 0. The van der Waals surface area contributed by atoms with Crippen LogP contribution in [0.2, 0.25) is 0 Å². The molecule has 0 unspecified atom stereocenters. The molecule has 1 atom stereocenters. The summed E-state index contributed by atoms with van der Waals surface area (Å²) in [5, 5.41) is 0.0152. The number of rotatable bonds is 1. The van der Waals surface area contributed by atoms with Gasteiger partial charge >= 0.3 is 5.69 Å². The van der Waals surface area contributed by atoms with Crippen molar-refractivity contribution in [1.29, 1.82) is 0 Å². The van der Waals surface area contributed by atoms with E-state index in [0.717, 1.165) is 49.8 Å². The van der Waals surface area contributed by atoms with Crippen molar-refractivity contribution in [1.82, 2.24) is 9.55 Å². The van der Waals surface area contributed by atoms with E-state index in [4.69, 9.17) is 0 Å². The Morgan fingerprint density at radius 1 is 1.11 bits per heavy atom. The molecule has 4 nitrogen and oxygen atoms in total. The normalized spacial score (nSPS) is 24.2. The summed E-state index contributed by atoms with van der Waals surface area (Å²) in [4.78, 5) is 27.4. The van der Waals surface area contributed by atoms with E-state index in [1.54, 1.807) is 0 Å². The first kappa shape index (κ1) is 12.1. The average molecular weight is 266 g/mol. The third-order valence-corrected chi connectivity index (χ3v) is 4.72. The topological polar surface area (TPSA) is 54.9 Å². The number of aromatic amines is 1. The zero-order valence-electron chi connectivity index (χ0n) is 10.3. The second kappa shape index (κ2) is 4.61. The fourth-order valence-electron chi connectivity index (χ4n) is 3.23. The van der Waals surface area contributed by atoms with E-state index in [9.17, 15) is 9.59 Å². The molecular weight excluding hydrogens is 248 g/mol. The monoisotopic (exact) mass is 266 g/mol. The van der Waals surface area contributed by atoms with Gasteiger partial charge in [0.05, 0.1) is 0 Å². The van der Waals surface area contributed by atoms with E-state index in [-0.39, 0.29) is 22.5 Å². The summed E-state index contributed by atoms with van der Waals surface area (Å²) in [7, 11) is 0. The minimum absolute atomic E-state index is 0.0152. The molecule has 0 aliphatic heterocycles. The predicted octanol–water partition coefficient (Wildman–Crippen LogP) is 1.96. The average Bonchev–Trinajstić information content (AvgIpc) is 2.73. The molecule has 1 saturated carbocycles. The van der Waals surface area contributed by atoms with Crippen LogP contribution in [0.15, 0.2) is 9.59 Å². The zero-order valence-corrected chi connectivity index (χ0v) is 11.2. The van der Waals surface area contributed by atoms with Crippen molar-refractivity contribution in [2.45, 2.75) is 56.2 Å². The molecule has 1 fully saturated rings. The molecule has 0 aromatic carbocycles. The van der Waals surface area contributed by atoms with Gasteiger partial charge in [0.15, 0.2) is 0 Å². The standard InChI is InChI=1S/C13H18N2O2S/c16-12-9-6-7-10(18)11(9)14-13(17)15(12)8-4-2-1-3-5-8/h8,10,18H,1-7H2,(H,14,17)/t10-/m1/s1. The molecule has 0 spiro atoms. The number of H-pyrrole nitrogens is 1. The highest BCUT2D eigenvalue weighted by Crippen LogP contribution is 2.32. The van der Waals surface area contributed by atoms with Gasteiger partial charge in [-0.3, -0.25) is 9.36 Å². The van der Waals surface area contributed by atoms with E-state index < -0.39 is 0 Å². The van der Waals surface area contributed by atoms with Gasteiger partial charge in [0.25, 0.3) is 5.56 Å². The Morgan fingerprint density at radius 3 is 2.56 bits per heavy atom. The molecule has 1 N–H and O–H groups in total. The number of thiol groups is 1. The molecule has 0 radical (unpaired) electrons. The van der Waals surface area contributed by atoms with Crippen LogP contribution in [-0.4, -0.2) is 9.55 Å². The van der Waals surface area contributed by atoms with Crippen molar-refractivity contribution in [3.63, 3.8) is 0 Å². The lowest BCUT2D eigenvalue weighted by Gasteiger charge is -2.23. The van der Waals surface area contributed by atoms with Crippen LogP contribution >= 0.6 is 12.6 Å². The summed E-state index contributed by atoms with van der Waals surface area (Å²) in [6.45, 7) is 0. The number of nitrogens with one attached hydrogen (secondary N) is 1. The summed E-state index contributed by atoms with van der Waals surface area (Å²) in [5.41, 5.74) is 1.21. The number of aromatic nitrogens is 2. The SMILES string of the molecule is O=c1[nH]c2c(c(=O)n1C1CCCCC1)CC[C@H]2S. The van der Waals surface area contributed by atoms with Gasteiger partial charge < -0.3 is 4.98 Å². The molecule has 3 rings (SSSR count). The van der Waals surface area contributed by atoms with Crippen LogP contribution < -0.4 is 11.2 Å². The van der Waals surface area contributed by atoms with Gasteiger partial charge in [-0.1, -0.05) is 19.3 Å². The number of nitrogens with zero attached hydrogens (tertiary/aromatic N) is 1. The highest BCUT2D eigenvalue weighted by molar-refractivity contribution is 7.80. The summed E-state index contributed by atoms with van der Waals surface area (Å²) in [6, 6.07) is 0.0965. The van der Waals surface area contributed by atoms with Crippen LogP contribution in [0, 0.1) is 0 Å². The molecule has 98 valence electrons. The van der Waals surface area contributed by atoms with E-state index >= 15 is 0 Å². The largest absolute Gasteiger partial charge is 0.328 e. The Labute approximate surface area is 111 Å². The Bertz CT molecular complexity index is 569. The van der Waals surface area contributed by atoms with Gasteiger partial charge in [0.1, 0.15) is 0 Å². The molecular formula is C13H18N2O2S. The van der Waals surface area contributed by atoms with Crippen LogP contribution in [0.25, 0.3) is 0 Å². The third-order valence-electron chi connectivity index (χ3n) is 4.20. The first-order chi connectivity index (χ1) is 8.68. The van der Waals surface area contributed by atoms with E-state index in [2.05, 4.69) is 17.6 Å². The molecule has 2 aliphatic rings. The zero-order chi connectivity index (χ0) is 12.7. The Balaban J connectivity index is 2.11. The number of hydrogen-bond donors (Lipinski definition) is 2. The van der Waals surface area contributed by atoms with Gasteiger partial charge in [0, 0.05) is 22.5 Å². The lowest BCUT2D eigenvalue weighted by atomic mass is 9.95. The van der Waals surface area contributed by atoms with E-state index in [1.165, 1.54) is 11.0 Å². The Morgan fingerprint density at radius 2 is 1.83 bits per heavy atom. The fraction of sp³-hybridized carbons (Fsp3) is 0.692. The molecule has 1 heterocycles. The maximum absolute atomic E-state index is 12.4. The van der Waals surface area contributed by atoms with Crippen molar-refractivity contribution in [3.05, 3.63) is 32.1 Å². The lowest BCUT2D eigenvalue weighted by Crippen LogP contribution is -2.40. The highest BCUT2D eigenvalue weighted by Gasteiger charge is 2.27. The van der Waals surface area contributed by atoms with Gasteiger partial charge in [-0.2, -0.15) is 12.6 Å². The molecule has 18 heavy (non-hydrogen) atoms. The minimum Gasteiger partial charge on any atom is -0.310 e. The second-order valence-electron chi connectivity index (χ2n) is 5.34. The predicted molar refractivity (Wildman–Crippen MR) is 73.5 cm³/mol. The fourth-order valence-corrected chi connectivity index (χ4v) is 3.58. The molecule has 1 aromatic heterocycles. The first-order valence-electron chi connectivity index (χ1n) is 6.74. The maximum Gasteiger partial charge on any atom is 0.328 e. The van der Waals surface area contributed by atoms with Crippen molar-refractivity contribution in [2.75, 3.05) is 0 Å². The molecule has 1 aromatic rings. The van der Waals surface area contributed by atoms with Crippen LogP contribution in [0.3, 0.4) is 0 Å². The molecule has 0 saturated heterocycles. The second-order valence-corrected chi connectivity index (χ2v) is 5.97. The molecule has 0 amide bonds. The molecule has 2 aliphatic carbocycles. The lowest BCUT2D eigenvalue weighted by molar-refractivity contribution is 0.335. The van der Waals surface area contributed by atoms with Crippen LogP contribution in [0.5, 0.6) is 0 Å². The maximum atomic E-state index is 12.4. The van der Waals surface area contributed by atoms with Crippen molar-refractivity contribution in [3.8, 4) is 0 Å². The highest BCUT2D eigenvalue weighted by atomic mass is 32.1. The Kier molecular flexibility index (Phi) is 3.09. The van der Waals surface area contributed by atoms with Crippen molar-refractivity contribution in [2.24, 2.45) is 0 Å². The minimum atomic E-state index is -0.244. The summed E-state index contributed by atoms with van der Waals surface area (Å²) in [6.07, 6.45) is 6.93. The van der Waals surface area contributed by atoms with E-state index in [0.29, 0.717) is 0 Å². The van der Waals surface area contributed by atoms with Gasteiger partial charge in [-0.05, 0) is 25.7 Å². The van der Waals surface area contributed by atoms with Gasteiger partial charge in [-0.25, -0.2) is 4.79 Å². The Hall–Kier alpha value is -0.970. The molecule has 0 bridgehead atoms. The van der Waals surface area contributed by atoms with Gasteiger partial charge in [0.2, 0.25) is 0 Å². The van der Waals surface area contributed by atoms with Crippen molar-refractivity contribution >= 4 is 12.6 Å². The number of hydrogen-bond acceptors (Lipinski definition) is 3. The van der Waals surface area contributed by atoms with Crippen molar-refractivity contribution < 1.29 is 0 Å². The summed E-state index contributed by atoms with van der Waals surface area (Å²) >= 11 is 4.41. The smallest absolute Gasteiger partial charge is 0.310 e. The van der Waals surface area contributed by atoms with Crippen LogP contribution in [0.4, 0.5) is 0 Å². The quantitative estimate of drug-likeness (QED) is 0.763. The number of fused-ring (bicyclic) bond motifs is 1. The van der Waals surface area contributed by atoms with Crippen LogP contribution in [-0.2, 0) is 6.42 Å². The van der Waals surface area contributed by atoms with Gasteiger partial charge in [-0.15, -0.1) is 0 Å². The van der Waals surface area contributed by atoms with Crippen LogP contribution in [0.1, 0.15) is 61.1 Å². The van der Waals surface area contributed by atoms with E-state index in [1.807, 2.05) is 0 Å². The first-order valence-corrected chi connectivity index (χ1v) is 7.26. The summed E-state index contributed by atoms with van der Waals surface area (Å²) < 4.78 is 1.46. The third kappa shape index (κ3) is 1.85. The molecule has 5 heteroatoms.